The Morgan fingerprint density at radius 2 is 2.33 bits per heavy atom. The number of carbonyl (C=O) groups excluding carboxylic acids is 1. The van der Waals surface area contributed by atoms with E-state index in [1.807, 2.05) is 6.07 Å². The second-order valence-electron chi connectivity index (χ2n) is 4.55. The van der Waals surface area contributed by atoms with E-state index >= 15 is 0 Å². The van der Waals surface area contributed by atoms with Crippen LogP contribution in [0.3, 0.4) is 0 Å². The summed E-state index contributed by atoms with van der Waals surface area (Å²) < 4.78 is 4.87. The van der Waals surface area contributed by atoms with Gasteiger partial charge in [0.1, 0.15) is 0 Å². The van der Waals surface area contributed by atoms with E-state index in [0.29, 0.717) is 18.9 Å². The number of hydrogen-bond acceptors (Lipinski definition) is 3. The first-order chi connectivity index (χ1) is 8.81. The molecule has 1 aromatic rings. The van der Waals surface area contributed by atoms with E-state index in [4.69, 9.17) is 4.74 Å². The van der Waals surface area contributed by atoms with Gasteiger partial charge in [-0.1, -0.05) is 18.2 Å². The molecule has 2 rings (SSSR count). The Morgan fingerprint density at radius 1 is 1.50 bits per heavy atom. The predicted molar refractivity (Wildman–Crippen MR) is 71.8 cm³/mol. The topological polar surface area (TPSA) is 50.4 Å². The van der Waals surface area contributed by atoms with Gasteiger partial charge in [-0.25, -0.2) is 0 Å². The number of fused-ring (bicyclic) bond motifs is 1. The Balaban J connectivity index is 1.74. The fraction of sp³-hybridized carbons (Fsp3) is 0.500. The number of benzene rings is 1. The molecule has 0 radical (unpaired) electrons. The number of amides is 1. The molecule has 1 aromatic carbocycles. The molecule has 1 amide bonds. The van der Waals surface area contributed by atoms with Gasteiger partial charge in [0, 0.05) is 38.2 Å². The van der Waals surface area contributed by atoms with Crippen molar-refractivity contribution in [2.24, 2.45) is 0 Å². The van der Waals surface area contributed by atoms with Crippen molar-refractivity contribution < 1.29 is 9.53 Å². The molecule has 1 aliphatic rings. The maximum absolute atomic E-state index is 11.4. The van der Waals surface area contributed by atoms with E-state index in [-0.39, 0.29) is 5.91 Å². The highest BCUT2D eigenvalue weighted by Gasteiger charge is 2.20. The molecule has 0 spiro atoms. The van der Waals surface area contributed by atoms with Crippen LogP contribution in [0.1, 0.15) is 24.3 Å². The molecule has 1 aliphatic heterocycles. The molecule has 0 aliphatic carbocycles. The average molecular weight is 248 g/mol. The summed E-state index contributed by atoms with van der Waals surface area (Å²) in [7, 11) is 1.61. The smallest absolute Gasteiger partial charge is 0.222 e. The molecule has 1 atom stereocenters. The van der Waals surface area contributed by atoms with Crippen molar-refractivity contribution in [2.75, 3.05) is 32.1 Å². The Kier molecular flexibility index (Phi) is 4.59. The first-order valence-electron chi connectivity index (χ1n) is 6.39. The lowest BCUT2D eigenvalue weighted by Gasteiger charge is -2.10. The minimum absolute atomic E-state index is 0.0658. The Hall–Kier alpha value is -1.55. The lowest BCUT2D eigenvalue weighted by molar-refractivity contribution is -0.121. The minimum atomic E-state index is 0.0658. The van der Waals surface area contributed by atoms with Crippen LogP contribution in [0.15, 0.2) is 24.3 Å². The summed E-state index contributed by atoms with van der Waals surface area (Å²) in [4.78, 5) is 11.4. The normalized spacial score (nSPS) is 17.1. The summed E-state index contributed by atoms with van der Waals surface area (Å²) in [5.41, 5.74) is 2.59. The van der Waals surface area contributed by atoms with Crippen molar-refractivity contribution in [3.05, 3.63) is 29.8 Å². The molecule has 0 aromatic heterocycles. The molecule has 4 nitrogen and oxygen atoms in total. The maximum atomic E-state index is 11.4. The van der Waals surface area contributed by atoms with Gasteiger partial charge in [0.25, 0.3) is 0 Å². The van der Waals surface area contributed by atoms with Crippen molar-refractivity contribution in [1.29, 1.82) is 0 Å². The lowest BCUT2D eigenvalue weighted by atomic mass is 9.98. The number of anilines is 1. The van der Waals surface area contributed by atoms with Gasteiger partial charge in [0.15, 0.2) is 0 Å². The summed E-state index contributed by atoms with van der Waals surface area (Å²) >= 11 is 0. The SMILES string of the molecule is COCCC(=O)NCCC1CNc2ccccc21. The van der Waals surface area contributed by atoms with Crippen LogP contribution < -0.4 is 10.6 Å². The summed E-state index contributed by atoms with van der Waals surface area (Å²) in [5.74, 6) is 0.569. The molecule has 4 heteroatoms. The fourth-order valence-corrected chi connectivity index (χ4v) is 2.28. The third-order valence-corrected chi connectivity index (χ3v) is 3.29. The summed E-state index contributed by atoms with van der Waals surface area (Å²) in [6.07, 6.45) is 1.42. The molecule has 0 fully saturated rings. The molecule has 0 saturated carbocycles. The highest BCUT2D eigenvalue weighted by molar-refractivity contribution is 5.75. The molecule has 18 heavy (non-hydrogen) atoms. The fourth-order valence-electron chi connectivity index (χ4n) is 2.28. The van der Waals surface area contributed by atoms with Gasteiger partial charge in [-0.15, -0.1) is 0 Å². The van der Waals surface area contributed by atoms with E-state index in [2.05, 4.69) is 28.8 Å². The van der Waals surface area contributed by atoms with Gasteiger partial charge in [-0.05, 0) is 18.1 Å². The van der Waals surface area contributed by atoms with Crippen molar-refractivity contribution in [1.82, 2.24) is 5.32 Å². The highest BCUT2D eigenvalue weighted by Crippen LogP contribution is 2.32. The number of nitrogens with one attached hydrogen (secondary N) is 2. The molecule has 1 heterocycles. The molecule has 0 saturated heterocycles. The predicted octanol–water partition coefficient (Wildman–Crippen LogP) is 1.74. The van der Waals surface area contributed by atoms with E-state index in [1.54, 1.807) is 7.11 Å². The van der Waals surface area contributed by atoms with Gasteiger partial charge in [0.05, 0.1) is 6.61 Å². The van der Waals surface area contributed by atoms with Crippen LogP contribution >= 0.6 is 0 Å². The van der Waals surface area contributed by atoms with E-state index in [9.17, 15) is 4.79 Å². The zero-order valence-corrected chi connectivity index (χ0v) is 10.7. The van der Waals surface area contributed by atoms with Crippen LogP contribution in [-0.2, 0) is 9.53 Å². The van der Waals surface area contributed by atoms with Gasteiger partial charge in [-0.3, -0.25) is 4.79 Å². The van der Waals surface area contributed by atoms with Gasteiger partial charge in [0.2, 0.25) is 5.91 Å². The van der Waals surface area contributed by atoms with Crippen LogP contribution in [0.2, 0.25) is 0 Å². The van der Waals surface area contributed by atoms with Crippen molar-refractivity contribution in [2.45, 2.75) is 18.8 Å². The number of hydrogen-bond donors (Lipinski definition) is 2. The molecular weight excluding hydrogens is 228 g/mol. The zero-order valence-electron chi connectivity index (χ0n) is 10.7. The van der Waals surface area contributed by atoms with Crippen LogP contribution in [0.4, 0.5) is 5.69 Å². The third-order valence-electron chi connectivity index (χ3n) is 3.29. The van der Waals surface area contributed by atoms with E-state index in [1.165, 1.54) is 11.3 Å². The average Bonchev–Trinajstić information content (AvgIpc) is 2.80. The minimum Gasteiger partial charge on any atom is -0.384 e. The van der Waals surface area contributed by atoms with Crippen LogP contribution in [0.5, 0.6) is 0 Å². The van der Waals surface area contributed by atoms with Crippen molar-refractivity contribution in [3.63, 3.8) is 0 Å². The van der Waals surface area contributed by atoms with Gasteiger partial charge >= 0.3 is 0 Å². The Bertz CT molecular complexity index is 407. The van der Waals surface area contributed by atoms with Crippen LogP contribution in [-0.4, -0.2) is 32.7 Å². The largest absolute Gasteiger partial charge is 0.384 e. The zero-order chi connectivity index (χ0) is 12.8. The molecule has 0 bridgehead atoms. The van der Waals surface area contributed by atoms with Crippen LogP contribution in [0, 0.1) is 0 Å². The molecule has 2 N–H and O–H groups in total. The van der Waals surface area contributed by atoms with Crippen molar-refractivity contribution in [3.8, 4) is 0 Å². The highest BCUT2D eigenvalue weighted by atomic mass is 16.5. The second-order valence-corrected chi connectivity index (χ2v) is 4.55. The summed E-state index contributed by atoms with van der Waals surface area (Å²) in [6.45, 7) is 2.18. The third kappa shape index (κ3) is 3.23. The van der Waals surface area contributed by atoms with Gasteiger partial charge in [-0.2, -0.15) is 0 Å². The number of ether oxygens (including phenoxy) is 1. The number of carbonyl (C=O) groups is 1. The number of para-hydroxylation sites is 1. The molecule has 98 valence electrons. The summed E-state index contributed by atoms with van der Waals surface area (Å²) in [5, 5.41) is 6.32. The second kappa shape index (κ2) is 6.40. The standard InChI is InChI=1S/C14H20N2O2/c1-18-9-7-14(17)15-8-6-11-10-16-13-5-3-2-4-12(11)13/h2-5,11,16H,6-10H2,1H3,(H,15,17). The molecular formula is C14H20N2O2. The number of methoxy groups -OCH3 is 1. The van der Waals surface area contributed by atoms with Crippen LogP contribution in [0.25, 0.3) is 0 Å². The lowest BCUT2D eigenvalue weighted by Crippen LogP contribution is -2.26. The number of rotatable bonds is 6. The van der Waals surface area contributed by atoms with E-state index in [0.717, 1.165) is 19.5 Å². The Morgan fingerprint density at radius 3 is 3.17 bits per heavy atom. The monoisotopic (exact) mass is 248 g/mol. The van der Waals surface area contributed by atoms with Crippen molar-refractivity contribution >= 4 is 11.6 Å². The molecule has 1 unspecified atom stereocenters. The first kappa shape index (κ1) is 12.9. The van der Waals surface area contributed by atoms with Gasteiger partial charge < -0.3 is 15.4 Å². The van der Waals surface area contributed by atoms with E-state index < -0.39 is 0 Å². The summed E-state index contributed by atoms with van der Waals surface area (Å²) in [6, 6.07) is 8.37. The quantitative estimate of drug-likeness (QED) is 0.806. The Labute approximate surface area is 108 Å². The maximum Gasteiger partial charge on any atom is 0.222 e. The first-order valence-corrected chi connectivity index (χ1v) is 6.39.